The predicted octanol–water partition coefficient (Wildman–Crippen LogP) is 5.98. The molecule has 1 aliphatic rings. The number of para-hydroxylation sites is 3. The number of rotatable bonds is 2. The maximum absolute atomic E-state index is 6.34. The molecule has 0 amide bonds. The molecule has 1 N–H and O–H groups in total. The summed E-state index contributed by atoms with van der Waals surface area (Å²) < 4.78 is 11.7. The molecule has 0 bridgehead atoms. The van der Waals surface area contributed by atoms with E-state index in [0.29, 0.717) is 28.0 Å². The summed E-state index contributed by atoms with van der Waals surface area (Å²) in [5.41, 5.74) is 1.73. The van der Waals surface area contributed by atoms with Crippen molar-refractivity contribution in [3.05, 3.63) is 71.8 Å². The summed E-state index contributed by atoms with van der Waals surface area (Å²) in [6, 6.07) is 21.0. The van der Waals surface area contributed by atoms with Crippen LogP contribution in [0.4, 0.5) is 11.4 Å². The smallest absolute Gasteiger partial charge is 0.172 e. The van der Waals surface area contributed by atoms with Crippen molar-refractivity contribution in [1.82, 2.24) is 0 Å². The molecule has 0 aromatic heterocycles. The van der Waals surface area contributed by atoms with E-state index in [4.69, 9.17) is 21.1 Å². The molecule has 4 rings (SSSR count). The Balaban J connectivity index is 1.70. The number of nitrogens with one attached hydrogen (secondary N) is 1. The molecule has 22 heavy (non-hydrogen) atoms. The Labute approximate surface area is 133 Å². The van der Waals surface area contributed by atoms with Gasteiger partial charge in [-0.25, -0.2) is 0 Å². The fraction of sp³-hybridized carbons (Fsp3) is 0. The van der Waals surface area contributed by atoms with Crippen LogP contribution in [-0.2, 0) is 0 Å². The fourth-order valence-corrected chi connectivity index (χ4v) is 2.52. The van der Waals surface area contributed by atoms with Crippen molar-refractivity contribution >= 4 is 23.0 Å². The number of ether oxygens (including phenoxy) is 2. The Morgan fingerprint density at radius 3 is 1.95 bits per heavy atom. The highest BCUT2D eigenvalue weighted by Gasteiger charge is 2.20. The van der Waals surface area contributed by atoms with Gasteiger partial charge < -0.3 is 14.8 Å². The highest BCUT2D eigenvalue weighted by molar-refractivity contribution is 6.33. The summed E-state index contributed by atoms with van der Waals surface area (Å²) in [6.07, 6.45) is 0. The molecule has 0 atom stereocenters. The molecular formula is C18H12ClNO2. The molecule has 0 spiro atoms. The molecule has 0 aliphatic carbocycles. The van der Waals surface area contributed by atoms with Crippen molar-refractivity contribution < 1.29 is 9.47 Å². The lowest BCUT2D eigenvalue weighted by atomic mass is 10.2. The van der Waals surface area contributed by atoms with Crippen LogP contribution in [0, 0.1) is 0 Å². The molecule has 0 fully saturated rings. The predicted molar refractivity (Wildman–Crippen MR) is 87.8 cm³/mol. The van der Waals surface area contributed by atoms with Crippen LogP contribution < -0.4 is 14.8 Å². The Bertz CT molecular complexity index is 830. The molecule has 3 nitrogen and oxygen atoms in total. The second kappa shape index (κ2) is 5.28. The second-order valence-corrected chi connectivity index (χ2v) is 5.33. The summed E-state index contributed by atoms with van der Waals surface area (Å²) in [5.74, 6) is 2.64. The SMILES string of the molecule is Clc1cc2c(cc1Nc1ccccc1)Oc1ccccc1O2. The molecule has 1 aliphatic heterocycles. The average Bonchev–Trinajstić information content (AvgIpc) is 2.55. The Morgan fingerprint density at radius 2 is 1.27 bits per heavy atom. The number of hydrogen-bond acceptors (Lipinski definition) is 3. The van der Waals surface area contributed by atoms with Crippen LogP contribution in [0.15, 0.2) is 66.7 Å². The zero-order valence-electron chi connectivity index (χ0n) is 11.5. The first-order valence-electron chi connectivity index (χ1n) is 6.90. The number of benzene rings is 3. The van der Waals surface area contributed by atoms with E-state index < -0.39 is 0 Å². The van der Waals surface area contributed by atoms with E-state index in [1.54, 1.807) is 6.07 Å². The summed E-state index contributed by atoms with van der Waals surface area (Å²) >= 11 is 6.34. The number of hydrogen-bond donors (Lipinski definition) is 1. The Hall–Kier alpha value is -2.65. The van der Waals surface area contributed by atoms with Gasteiger partial charge in [0.1, 0.15) is 0 Å². The highest BCUT2D eigenvalue weighted by atomic mass is 35.5. The second-order valence-electron chi connectivity index (χ2n) is 4.92. The van der Waals surface area contributed by atoms with Gasteiger partial charge in [0.25, 0.3) is 0 Å². The minimum Gasteiger partial charge on any atom is -0.449 e. The molecule has 0 saturated heterocycles. The molecule has 4 heteroatoms. The van der Waals surface area contributed by atoms with Crippen LogP contribution in [0.5, 0.6) is 23.0 Å². The van der Waals surface area contributed by atoms with Crippen LogP contribution >= 0.6 is 11.6 Å². The van der Waals surface area contributed by atoms with Crippen molar-refractivity contribution in [3.8, 4) is 23.0 Å². The third kappa shape index (κ3) is 2.36. The fourth-order valence-electron chi connectivity index (χ4n) is 2.32. The van der Waals surface area contributed by atoms with Crippen LogP contribution in [0.2, 0.25) is 5.02 Å². The number of anilines is 2. The Morgan fingerprint density at radius 1 is 0.682 bits per heavy atom. The van der Waals surface area contributed by atoms with Gasteiger partial charge in [-0.2, -0.15) is 0 Å². The van der Waals surface area contributed by atoms with Crippen molar-refractivity contribution in [2.45, 2.75) is 0 Å². The van der Waals surface area contributed by atoms with Crippen LogP contribution in [0.1, 0.15) is 0 Å². The monoisotopic (exact) mass is 309 g/mol. The summed E-state index contributed by atoms with van der Waals surface area (Å²) in [4.78, 5) is 0. The molecule has 0 unspecified atom stereocenters. The van der Waals surface area contributed by atoms with Gasteiger partial charge in [0, 0.05) is 17.8 Å². The van der Waals surface area contributed by atoms with Crippen LogP contribution in [-0.4, -0.2) is 0 Å². The largest absolute Gasteiger partial charge is 0.449 e. The van der Waals surface area contributed by atoms with Gasteiger partial charge in [-0.3, -0.25) is 0 Å². The maximum atomic E-state index is 6.34. The molecule has 108 valence electrons. The number of halogens is 1. The lowest BCUT2D eigenvalue weighted by Gasteiger charge is -2.21. The first-order chi connectivity index (χ1) is 10.8. The van der Waals surface area contributed by atoms with Gasteiger partial charge >= 0.3 is 0 Å². The number of fused-ring (bicyclic) bond motifs is 2. The summed E-state index contributed by atoms with van der Waals surface area (Å²) in [7, 11) is 0. The molecule has 0 radical (unpaired) electrons. The molecular weight excluding hydrogens is 298 g/mol. The van der Waals surface area contributed by atoms with E-state index >= 15 is 0 Å². The molecule has 0 saturated carbocycles. The van der Waals surface area contributed by atoms with Crippen LogP contribution in [0.25, 0.3) is 0 Å². The average molecular weight is 310 g/mol. The lowest BCUT2D eigenvalue weighted by Crippen LogP contribution is -2.00. The van der Waals surface area contributed by atoms with Gasteiger partial charge in [-0.05, 0) is 24.3 Å². The topological polar surface area (TPSA) is 30.5 Å². The minimum absolute atomic E-state index is 0.575. The van der Waals surface area contributed by atoms with Crippen molar-refractivity contribution in [2.75, 3.05) is 5.32 Å². The van der Waals surface area contributed by atoms with E-state index in [9.17, 15) is 0 Å². The van der Waals surface area contributed by atoms with Crippen LogP contribution in [0.3, 0.4) is 0 Å². The third-order valence-electron chi connectivity index (χ3n) is 3.38. The molecule has 3 aromatic carbocycles. The van der Waals surface area contributed by atoms with E-state index in [-0.39, 0.29) is 0 Å². The molecule has 3 aromatic rings. The lowest BCUT2D eigenvalue weighted by molar-refractivity contribution is 0.360. The van der Waals surface area contributed by atoms with Gasteiger partial charge in [-0.15, -0.1) is 0 Å². The molecule has 1 heterocycles. The van der Waals surface area contributed by atoms with Gasteiger partial charge in [0.05, 0.1) is 10.7 Å². The van der Waals surface area contributed by atoms with Crippen molar-refractivity contribution in [3.63, 3.8) is 0 Å². The van der Waals surface area contributed by atoms with E-state index in [1.165, 1.54) is 0 Å². The third-order valence-corrected chi connectivity index (χ3v) is 3.69. The first-order valence-corrected chi connectivity index (χ1v) is 7.28. The minimum atomic E-state index is 0.575. The van der Waals surface area contributed by atoms with Crippen molar-refractivity contribution in [1.29, 1.82) is 0 Å². The van der Waals surface area contributed by atoms with Gasteiger partial charge in [0.15, 0.2) is 23.0 Å². The van der Waals surface area contributed by atoms with E-state index in [0.717, 1.165) is 11.4 Å². The van der Waals surface area contributed by atoms with Gasteiger partial charge in [-0.1, -0.05) is 41.9 Å². The zero-order valence-corrected chi connectivity index (χ0v) is 12.3. The van der Waals surface area contributed by atoms with Crippen molar-refractivity contribution in [2.24, 2.45) is 0 Å². The Kier molecular flexibility index (Phi) is 3.13. The highest BCUT2D eigenvalue weighted by Crippen LogP contribution is 2.48. The summed E-state index contributed by atoms with van der Waals surface area (Å²) in [5, 5.41) is 3.85. The standard InChI is InChI=1S/C18H12ClNO2/c19-13-10-17-18(22-16-9-5-4-8-15(16)21-17)11-14(13)20-12-6-2-1-3-7-12/h1-11,20H. The first kappa shape index (κ1) is 13.0. The quantitative estimate of drug-likeness (QED) is 0.494. The van der Waals surface area contributed by atoms with E-state index in [2.05, 4.69) is 5.32 Å². The van der Waals surface area contributed by atoms with E-state index in [1.807, 2.05) is 60.7 Å². The van der Waals surface area contributed by atoms with Gasteiger partial charge in [0.2, 0.25) is 0 Å². The summed E-state index contributed by atoms with van der Waals surface area (Å²) in [6.45, 7) is 0. The zero-order chi connectivity index (χ0) is 14.9. The normalized spacial score (nSPS) is 11.7. The maximum Gasteiger partial charge on any atom is 0.172 e.